The number of halogens is 6. The summed E-state index contributed by atoms with van der Waals surface area (Å²) in [5, 5.41) is 13.7. The maximum atomic E-state index is 13.8. The van der Waals surface area contributed by atoms with E-state index in [4.69, 9.17) is 26.4 Å². The number of alkyl halides is 6. The van der Waals surface area contributed by atoms with Gasteiger partial charge in [-0.25, -0.2) is 0 Å². The van der Waals surface area contributed by atoms with Gasteiger partial charge in [-0.1, -0.05) is 29.2 Å². The Labute approximate surface area is 280 Å². The summed E-state index contributed by atoms with van der Waals surface area (Å²) >= 11 is 6.47. The van der Waals surface area contributed by atoms with E-state index in [1.807, 2.05) is 0 Å². The molecule has 10 nitrogen and oxygen atoms in total. The summed E-state index contributed by atoms with van der Waals surface area (Å²) in [6.45, 7) is 3.17. The van der Waals surface area contributed by atoms with Crippen LogP contribution in [0.25, 0.3) is 17.2 Å². The smallest absolute Gasteiger partial charge is 0.416 e. The number of H-pyrrole nitrogens is 1. The zero-order valence-electron chi connectivity index (χ0n) is 25.5. The first-order valence-corrected chi connectivity index (χ1v) is 16.0. The van der Waals surface area contributed by atoms with E-state index in [-0.39, 0.29) is 51.7 Å². The third kappa shape index (κ3) is 8.83. The number of rotatable bonds is 12. The van der Waals surface area contributed by atoms with Crippen LogP contribution >= 0.6 is 24.0 Å². The summed E-state index contributed by atoms with van der Waals surface area (Å²) in [6, 6.07) is 4.22. The van der Waals surface area contributed by atoms with E-state index >= 15 is 0 Å². The molecule has 1 N–H and O–H groups in total. The largest absolute Gasteiger partial charge is 0.493 e. The molecule has 0 aliphatic carbocycles. The summed E-state index contributed by atoms with van der Waals surface area (Å²) in [5.41, 5.74) is -3.13. The van der Waals surface area contributed by atoms with Crippen molar-refractivity contribution >= 4 is 40.3 Å². The Morgan fingerprint density at radius 1 is 1.02 bits per heavy atom. The molecule has 2 aromatic carbocycles. The van der Waals surface area contributed by atoms with Gasteiger partial charge in [0.2, 0.25) is 0 Å². The molecular weight excluding hydrogens is 686 g/mol. The fourth-order valence-corrected chi connectivity index (χ4v) is 6.43. The minimum atomic E-state index is -5.06. The van der Waals surface area contributed by atoms with E-state index in [1.165, 1.54) is 30.2 Å². The number of carbonyl (C=O) groups excluding carboxylic acids is 1. The van der Waals surface area contributed by atoms with Gasteiger partial charge < -0.3 is 14.2 Å². The molecule has 1 amide bonds. The first-order valence-electron chi connectivity index (χ1n) is 14.8. The average Bonchev–Trinajstić information content (AvgIpc) is 3.66. The molecule has 18 heteroatoms. The van der Waals surface area contributed by atoms with Crippen molar-refractivity contribution in [3.05, 3.63) is 57.8 Å². The molecule has 1 aromatic heterocycles. The summed E-state index contributed by atoms with van der Waals surface area (Å²) in [5.74, 6) is 0.184. The number of tetrazole rings is 1. The predicted octanol–water partition coefficient (Wildman–Crippen LogP) is 5.85. The number of aromatic nitrogens is 4. The number of methoxy groups -OCH3 is 1. The highest BCUT2D eigenvalue weighted by Crippen LogP contribution is 2.45. The van der Waals surface area contributed by atoms with Crippen molar-refractivity contribution < 1.29 is 45.3 Å². The van der Waals surface area contributed by atoms with Gasteiger partial charge in [-0.2, -0.15) is 31.6 Å². The van der Waals surface area contributed by atoms with Gasteiger partial charge in [-0.3, -0.25) is 14.6 Å². The Kier molecular flexibility index (Phi) is 11.3. The number of hydrogen-bond donors (Lipinski definition) is 1. The van der Waals surface area contributed by atoms with Gasteiger partial charge in [-0.15, -0.1) is 10.2 Å². The van der Waals surface area contributed by atoms with Crippen LogP contribution in [0, 0.1) is 0 Å². The maximum Gasteiger partial charge on any atom is 0.416 e. The number of nitrogens with zero attached hydrogens (tertiary/aromatic N) is 5. The highest BCUT2D eigenvalue weighted by molar-refractivity contribution is 8.26. The molecular formula is C30H30F6N6O4S2. The van der Waals surface area contributed by atoms with E-state index in [0.717, 1.165) is 11.8 Å². The van der Waals surface area contributed by atoms with Crippen molar-refractivity contribution in [3.63, 3.8) is 0 Å². The molecule has 2 fully saturated rings. The summed E-state index contributed by atoms with van der Waals surface area (Å²) < 4.78 is 100. The van der Waals surface area contributed by atoms with Gasteiger partial charge in [0.25, 0.3) is 5.91 Å². The Morgan fingerprint density at radius 3 is 2.35 bits per heavy atom. The molecule has 0 radical (unpaired) electrons. The number of benzene rings is 2. The lowest BCUT2D eigenvalue weighted by Crippen LogP contribution is -2.38. The molecule has 258 valence electrons. The Balaban J connectivity index is 1.48. The average molecular weight is 717 g/mol. The minimum absolute atomic E-state index is 0.0375. The topological polar surface area (TPSA) is 106 Å². The molecule has 2 saturated heterocycles. The van der Waals surface area contributed by atoms with Crippen molar-refractivity contribution in [3.8, 4) is 22.6 Å². The van der Waals surface area contributed by atoms with Crippen LogP contribution in [0.5, 0.6) is 11.5 Å². The van der Waals surface area contributed by atoms with Crippen molar-refractivity contribution in [1.29, 1.82) is 0 Å². The number of hydrogen-bond acceptors (Lipinski definition) is 10. The molecule has 0 atom stereocenters. The number of thiocarbonyl (C=S) groups is 1. The second-order valence-corrected chi connectivity index (χ2v) is 12.5. The normalized spacial score (nSPS) is 17.1. The number of amides is 1. The summed E-state index contributed by atoms with van der Waals surface area (Å²) in [4.78, 5) is 17.0. The molecule has 3 aromatic rings. The van der Waals surface area contributed by atoms with E-state index in [0.29, 0.717) is 80.9 Å². The number of unbranched alkanes of at least 4 members (excludes halogenated alkanes) is 1. The summed E-state index contributed by atoms with van der Waals surface area (Å²) in [6.07, 6.45) is -6.83. The van der Waals surface area contributed by atoms with Gasteiger partial charge in [0.1, 0.15) is 10.9 Å². The van der Waals surface area contributed by atoms with Crippen LogP contribution in [-0.2, 0) is 28.3 Å². The zero-order valence-corrected chi connectivity index (χ0v) is 27.1. The van der Waals surface area contributed by atoms with E-state index < -0.39 is 23.5 Å². The van der Waals surface area contributed by atoms with Crippen molar-refractivity contribution in [2.75, 3.05) is 53.1 Å². The van der Waals surface area contributed by atoms with Gasteiger partial charge >= 0.3 is 12.4 Å². The fourth-order valence-electron chi connectivity index (χ4n) is 5.12. The Bertz CT molecular complexity index is 1610. The number of carbonyl (C=O) groups is 1. The van der Waals surface area contributed by atoms with Crippen LogP contribution < -0.4 is 9.47 Å². The van der Waals surface area contributed by atoms with Gasteiger partial charge in [0.15, 0.2) is 17.3 Å². The highest BCUT2D eigenvalue weighted by Gasteiger charge is 2.38. The number of ether oxygens (including phenoxy) is 3. The van der Waals surface area contributed by atoms with Crippen LogP contribution in [0.3, 0.4) is 0 Å². The molecule has 0 bridgehead atoms. The standard InChI is InChI=1S/C30H30F6N6O4S2/c1-44-23-13-18(14-24-27(43)42(28(47)48-24)5-3-2-4-25-37-39-40-38-25)12-22(26(23)46-11-8-41-6-9-45-10-7-41)19-15-20(29(31,32)33)17-21(16-19)30(34,35)36/h12-17H,2-11H2,1H3,(H,37,38,39,40)/b24-14-. The predicted molar refractivity (Wildman–Crippen MR) is 168 cm³/mol. The lowest BCUT2D eigenvalue weighted by molar-refractivity contribution is -0.143. The molecule has 3 heterocycles. The quantitative estimate of drug-likeness (QED) is 0.106. The second-order valence-electron chi connectivity index (χ2n) is 10.8. The van der Waals surface area contributed by atoms with E-state index in [2.05, 4.69) is 25.5 Å². The Morgan fingerprint density at radius 2 is 1.73 bits per heavy atom. The zero-order chi connectivity index (χ0) is 34.5. The van der Waals surface area contributed by atoms with Crippen LogP contribution in [0.4, 0.5) is 26.3 Å². The maximum absolute atomic E-state index is 13.8. The Hall–Kier alpha value is -3.74. The molecule has 0 saturated carbocycles. The number of aromatic amines is 1. The third-order valence-corrected chi connectivity index (χ3v) is 8.92. The molecule has 0 unspecified atom stereocenters. The highest BCUT2D eigenvalue weighted by atomic mass is 32.2. The summed E-state index contributed by atoms with van der Waals surface area (Å²) in [7, 11) is 1.30. The fraction of sp³-hybridized carbons (Fsp3) is 0.433. The molecule has 5 rings (SSSR count). The van der Waals surface area contributed by atoms with Crippen LogP contribution in [-0.4, -0.2) is 93.8 Å². The SMILES string of the molecule is COc1cc(/C=C2\SC(=S)N(CCCCc3nn[nH]n3)C2=O)cc(-c2cc(C(F)(F)F)cc(C(F)(F)F)c2)c1OCCN1CCOCC1. The number of thioether (sulfide) groups is 1. The van der Waals surface area contributed by atoms with Crippen LogP contribution in [0.2, 0.25) is 0 Å². The van der Waals surface area contributed by atoms with Gasteiger partial charge in [0, 0.05) is 38.2 Å². The second kappa shape index (κ2) is 15.2. The van der Waals surface area contributed by atoms with Gasteiger partial charge in [0.05, 0.1) is 36.4 Å². The minimum Gasteiger partial charge on any atom is -0.493 e. The number of nitrogens with one attached hydrogen (secondary N) is 1. The van der Waals surface area contributed by atoms with E-state index in [1.54, 1.807) is 0 Å². The molecule has 48 heavy (non-hydrogen) atoms. The lowest BCUT2D eigenvalue weighted by atomic mass is 9.96. The van der Waals surface area contributed by atoms with Crippen molar-refractivity contribution in [2.24, 2.45) is 0 Å². The monoisotopic (exact) mass is 716 g/mol. The van der Waals surface area contributed by atoms with E-state index in [9.17, 15) is 31.1 Å². The molecule has 0 spiro atoms. The lowest BCUT2D eigenvalue weighted by Gasteiger charge is -2.27. The first-order chi connectivity index (χ1) is 22.8. The molecule has 2 aliphatic rings. The van der Waals surface area contributed by atoms with Crippen molar-refractivity contribution in [1.82, 2.24) is 30.4 Å². The number of aryl methyl sites for hydroxylation is 1. The molecule has 2 aliphatic heterocycles. The third-order valence-electron chi connectivity index (χ3n) is 7.55. The van der Waals surface area contributed by atoms with Crippen LogP contribution in [0.15, 0.2) is 35.2 Å². The van der Waals surface area contributed by atoms with Gasteiger partial charge in [-0.05, 0) is 60.4 Å². The number of morpholine rings is 1. The van der Waals surface area contributed by atoms with Crippen molar-refractivity contribution in [2.45, 2.75) is 31.6 Å². The van der Waals surface area contributed by atoms with Crippen LogP contribution in [0.1, 0.15) is 35.4 Å². The first kappa shape index (κ1) is 35.6.